The van der Waals surface area contributed by atoms with Crippen LogP contribution in [-0.4, -0.2) is 26.2 Å². The Morgan fingerprint density at radius 3 is 2.68 bits per heavy atom. The number of hydrogen-bond acceptors (Lipinski definition) is 4. The molecule has 1 saturated carbocycles. The molecule has 1 aliphatic carbocycles. The monoisotopic (exact) mass is 299 g/mol. The third-order valence-electron chi connectivity index (χ3n) is 4.17. The number of nitrogens with zero attached hydrogens (tertiary/aromatic N) is 3. The lowest BCUT2D eigenvalue weighted by Crippen LogP contribution is -2.52. The second-order valence-electron chi connectivity index (χ2n) is 5.92. The molecule has 0 unspecified atom stereocenters. The van der Waals surface area contributed by atoms with E-state index in [0.29, 0.717) is 12.4 Å². The predicted octanol–water partition coefficient (Wildman–Crippen LogP) is 1.93. The van der Waals surface area contributed by atoms with Crippen LogP contribution in [0.4, 0.5) is 5.82 Å². The molecule has 0 atom stereocenters. The van der Waals surface area contributed by atoms with Gasteiger partial charge in [0.05, 0.1) is 12.1 Å². The summed E-state index contributed by atoms with van der Waals surface area (Å²) in [5.74, 6) is 0.427. The molecule has 0 radical (unpaired) electrons. The van der Waals surface area contributed by atoms with Gasteiger partial charge in [0.15, 0.2) is 5.82 Å². The van der Waals surface area contributed by atoms with Crippen LogP contribution in [0, 0.1) is 0 Å². The number of aromatic nitrogens is 3. The molecular weight excluding hydrogens is 278 g/mol. The van der Waals surface area contributed by atoms with Crippen LogP contribution in [0.25, 0.3) is 0 Å². The minimum absolute atomic E-state index is 0.124. The number of carbonyl (C=O) groups excluding carboxylic acids is 1. The van der Waals surface area contributed by atoms with E-state index in [0.717, 1.165) is 37.7 Å². The SMILES string of the molecule is NC1(C(=O)Nc2ccn(Cc3ccncc3)n2)CCCCC1. The first-order valence-electron chi connectivity index (χ1n) is 7.68. The van der Waals surface area contributed by atoms with Gasteiger partial charge in [-0.15, -0.1) is 0 Å². The van der Waals surface area contributed by atoms with Crippen molar-refractivity contribution in [2.24, 2.45) is 5.73 Å². The van der Waals surface area contributed by atoms with Crippen molar-refractivity contribution in [1.29, 1.82) is 0 Å². The minimum Gasteiger partial charge on any atom is -0.317 e. The molecule has 0 aromatic carbocycles. The molecule has 3 N–H and O–H groups in total. The second-order valence-corrected chi connectivity index (χ2v) is 5.92. The Labute approximate surface area is 129 Å². The van der Waals surface area contributed by atoms with Gasteiger partial charge in [-0.2, -0.15) is 5.10 Å². The third-order valence-corrected chi connectivity index (χ3v) is 4.17. The lowest BCUT2D eigenvalue weighted by Gasteiger charge is -2.31. The lowest BCUT2D eigenvalue weighted by atomic mass is 9.82. The van der Waals surface area contributed by atoms with Crippen LogP contribution in [0.3, 0.4) is 0 Å². The molecule has 0 spiro atoms. The Morgan fingerprint density at radius 2 is 1.95 bits per heavy atom. The number of anilines is 1. The summed E-state index contributed by atoms with van der Waals surface area (Å²) in [6.07, 6.45) is 10.0. The Balaban J connectivity index is 1.63. The van der Waals surface area contributed by atoms with Crippen molar-refractivity contribution in [3.8, 4) is 0 Å². The zero-order valence-corrected chi connectivity index (χ0v) is 12.5. The highest BCUT2D eigenvalue weighted by molar-refractivity contribution is 5.97. The van der Waals surface area contributed by atoms with Gasteiger partial charge in [0.2, 0.25) is 5.91 Å². The fourth-order valence-corrected chi connectivity index (χ4v) is 2.84. The molecule has 6 heteroatoms. The summed E-state index contributed by atoms with van der Waals surface area (Å²) in [6, 6.07) is 5.68. The van der Waals surface area contributed by atoms with Crippen molar-refractivity contribution in [3.63, 3.8) is 0 Å². The van der Waals surface area contributed by atoms with Gasteiger partial charge >= 0.3 is 0 Å². The van der Waals surface area contributed by atoms with Crippen LogP contribution in [0.1, 0.15) is 37.7 Å². The molecule has 2 aromatic rings. The summed E-state index contributed by atoms with van der Waals surface area (Å²) in [4.78, 5) is 16.4. The number of amides is 1. The normalized spacial score (nSPS) is 17.1. The van der Waals surface area contributed by atoms with Gasteiger partial charge in [-0.3, -0.25) is 14.5 Å². The van der Waals surface area contributed by atoms with Crippen LogP contribution in [0.15, 0.2) is 36.8 Å². The van der Waals surface area contributed by atoms with E-state index in [4.69, 9.17) is 5.73 Å². The average molecular weight is 299 g/mol. The van der Waals surface area contributed by atoms with Gasteiger partial charge in [-0.1, -0.05) is 19.3 Å². The molecule has 0 saturated heterocycles. The third kappa shape index (κ3) is 3.33. The molecule has 2 aromatic heterocycles. The molecule has 22 heavy (non-hydrogen) atoms. The smallest absolute Gasteiger partial charge is 0.245 e. The van der Waals surface area contributed by atoms with E-state index in [1.54, 1.807) is 23.1 Å². The lowest BCUT2D eigenvalue weighted by molar-refractivity contribution is -0.122. The Kier molecular flexibility index (Phi) is 4.20. The van der Waals surface area contributed by atoms with Crippen LogP contribution < -0.4 is 11.1 Å². The summed E-state index contributed by atoms with van der Waals surface area (Å²) in [6.45, 7) is 0.645. The second kappa shape index (κ2) is 6.27. The molecule has 2 heterocycles. The first-order chi connectivity index (χ1) is 10.7. The highest BCUT2D eigenvalue weighted by atomic mass is 16.2. The molecule has 1 amide bonds. The number of nitrogens with one attached hydrogen (secondary N) is 1. The standard InChI is InChI=1S/C16H21N5O/c17-16(7-2-1-3-8-16)15(22)19-14-6-11-21(20-14)12-13-4-9-18-10-5-13/h4-6,9-11H,1-3,7-8,12,17H2,(H,19,20,22). The van der Waals surface area contributed by atoms with Gasteiger partial charge in [0.1, 0.15) is 0 Å². The van der Waals surface area contributed by atoms with E-state index >= 15 is 0 Å². The predicted molar refractivity (Wildman–Crippen MR) is 84.2 cm³/mol. The Morgan fingerprint density at radius 1 is 1.23 bits per heavy atom. The van der Waals surface area contributed by atoms with Crippen molar-refractivity contribution in [3.05, 3.63) is 42.4 Å². The first-order valence-corrected chi connectivity index (χ1v) is 7.68. The van der Waals surface area contributed by atoms with Crippen molar-refractivity contribution < 1.29 is 4.79 Å². The molecule has 1 fully saturated rings. The Hall–Kier alpha value is -2.21. The molecule has 1 aliphatic rings. The van der Waals surface area contributed by atoms with E-state index in [1.807, 2.05) is 18.3 Å². The zero-order valence-electron chi connectivity index (χ0n) is 12.5. The quantitative estimate of drug-likeness (QED) is 0.903. The number of pyridine rings is 1. The minimum atomic E-state index is -0.743. The average Bonchev–Trinajstić information content (AvgIpc) is 2.96. The topological polar surface area (TPSA) is 85.8 Å². The summed E-state index contributed by atoms with van der Waals surface area (Å²) in [5.41, 5.74) is 6.59. The fraction of sp³-hybridized carbons (Fsp3) is 0.438. The maximum atomic E-state index is 12.4. The molecule has 116 valence electrons. The zero-order chi connectivity index (χ0) is 15.4. The molecule has 0 aliphatic heterocycles. The van der Waals surface area contributed by atoms with E-state index < -0.39 is 5.54 Å². The van der Waals surface area contributed by atoms with Crippen molar-refractivity contribution in [2.45, 2.75) is 44.2 Å². The van der Waals surface area contributed by atoms with Gasteiger partial charge in [0, 0.05) is 24.7 Å². The van der Waals surface area contributed by atoms with Crippen LogP contribution >= 0.6 is 0 Å². The van der Waals surface area contributed by atoms with E-state index in [9.17, 15) is 4.79 Å². The molecular formula is C16H21N5O. The van der Waals surface area contributed by atoms with Gasteiger partial charge in [-0.25, -0.2) is 0 Å². The van der Waals surface area contributed by atoms with Gasteiger partial charge < -0.3 is 11.1 Å². The fourth-order valence-electron chi connectivity index (χ4n) is 2.84. The van der Waals surface area contributed by atoms with Crippen molar-refractivity contribution >= 4 is 11.7 Å². The van der Waals surface area contributed by atoms with Crippen LogP contribution in [0.5, 0.6) is 0 Å². The summed E-state index contributed by atoms with van der Waals surface area (Å²) in [7, 11) is 0. The molecule has 3 rings (SSSR count). The largest absolute Gasteiger partial charge is 0.317 e. The highest BCUT2D eigenvalue weighted by Gasteiger charge is 2.35. The van der Waals surface area contributed by atoms with Crippen molar-refractivity contribution in [1.82, 2.24) is 14.8 Å². The van der Waals surface area contributed by atoms with E-state index in [-0.39, 0.29) is 5.91 Å². The van der Waals surface area contributed by atoms with Crippen LogP contribution in [-0.2, 0) is 11.3 Å². The number of nitrogens with two attached hydrogens (primary N) is 1. The first kappa shape index (κ1) is 14.7. The van der Waals surface area contributed by atoms with E-state index in [1.165, 1.54) is 0 Å². The maximum Gasteiger partial charge on any atom is 0.245 e. The number of hydrogen-bond donors (Lipinski definition) is 2. The molecule has 6 nitrogen and oxygen atoms in total. The summed E-state index contributed by atoms with van der Waals surface area (Å²) in [5, 5.41) is 7.23. The highest BCUT2D eigenvalue weighted by Crippen LogP contribution is 2.26. The maximum absolute atomic E-state index is 12.4. The van der Waals surface area contributed by atoms with E-state index in [2.05, 4.69) is 15.4 Å². The van der Waals surface area contributed by atoms with Crippen molar-refractivity contribution in [2.75, 3.05) is 5.32 Å². The molecule has 0 bridgehead atoms. The summed E-state index contributed by atoms with van der Waals surface area (Å²) < 4.78 is 1.79. The Bertz CT molecular complexity index is 631. The number of rotatable bonds is 4. The number of carbonyl (C=O) groups is 1. The van der Waals surface area contributed by atoms with Gasteiger partial charge in [-0.05, 0) is 30.5 Å². The summed E-state index contributed by atoms with van der Waals surface area (Å²) >= 11 is 0. The van der Waals surface area contributed by atoms with Crippen LogP contribution in [0.2, 0.25) is 0 Å². The van der Waals surface area contributed by atoms with Gasteiger partial charge in [0.25, 0.3) is 0 Å².